The molecule has 0 aliphatic heterocycles. The Morgan fingerprint density at radius 1 is 1.47 bits per heavy atom. The second-order valence-corrected chi connectivity index (χ2v) is 6.62. The number of nitrogen functional groups attached to an aromatic ring is 1. The van der Waals surface area contributed by atoms with Gasteiger partial charge >= 0.3 is 0 Å². The summed E-state index contributed by atoms with van der Waals surface area (Å²) < 4.78 is 0. The highest BCUT2D eigenvalue weighted by molar-refractivity contribution is 7.99. The van der Waals surface area contributed by atoms with Gasteiger partial charge in [0.15, 0.2) is 0 Å². The molecule has 1 saturated carbocycles. The fourth-order valence-corrected chi connectivity index (χ4v) is 3.78. The Hall–Kier alpha value is -1.16. The van der Waals surface area contributed by atoms with E-state index < -0.39 is 0 Å². The van der Waals surface area contributed by atoms with E-state index in [-0.39, 0.29) is 5.91 Å². The van der Waals surface area contributed by atoms with Crippen LogP contribution in [0.1, 0.15) is 43.0 Å². The lowest BCUT2D eigenvalue weighted by atomic mass is 9.94. The molecule has 104 valence electrons. The second-order valence-electron chi connectivity index (χ2n) is 5.04. The first-order chi connectivity index (χ1) is 9.19. The summed E-state index contributed by atoms with van der Waals surface area (Å²) in [6, 6.07) is 7.47. The Morgan fingerprint density at radius 2 is 2.32 bits per heavy atom. The van der Waals surface area contributed by atoms with Gasteiger partial charge in [-0.3, -0.25) is 4.79 Å². The average Bonchev–Trinajstić information content (AvgIpc) is 2.39. The summed E-state index contributed by atoms with van der Waals surface area (Å²) >= 11 is 2.01. The minimum atomic E-state index is -0.000511. The zero-order valence-electron chi connectivity index (χ0n) is 11.4. The van der Waals surface area contributed by atoms with Crippen LogP contribution in [0.2, 0.25) is 0 Å². The quantitative estimate of drug-likeness (QED) is 0.832. The van der Waals surface area contributed by atoms with Crippen molar-refractivity contribution < 1.29 is 4.79 Å². The van der Waals surface area contributed by atoms with Crippen molar-refractivity contribution in [2.45, 2.75) is 43.9 Å². The summed E-state index contributed by atoms with van der Waals surface area (Å²) in [6.45, 7) is 2.19. The molecule has 0 spiro atoms. The average molecular weight is 278 g/mol. The maximum atomic E-state index is 12.2. The Labute approximate surface area is 119 Å². The van der Waals surface area contributed by atoms with E-state index in [2.05, 4.69) is 12.2 Å². The molecule has 0 radical (unpaired) electrons. The standard InChI is InChI=1S/C15H22N2OS/c1-2-19-14-8-4-7-13(10-14)17-15(18)11-5-3-6-12(16)9-11/h3,5-6,9,13-14H,2,4,7-8,10,16H2,1H3,(H,17,18). The van der Waals surface area contributed by atoms with Gasteiger partial charge in [-0.2, -0.15) is 11.8 Å². The van der Waals surface area contributed by atoms with Crippen LogP contribution >= 0.6 is 11.8 Å². The Balaban J connectivity index is 1.91. The van der Waals surface area contributed by atoms with Crippen LogP contribution in [0.5, 0.6) is 0 Å². The number of rotatable bonds is 4. The van der Waals surface area contributed by atoms with Crippen LogP contribution in [0, 0.1) is 0 Å². The molecule has 3 nitrogen and oxygen atoms in total. The van der Waals surface area contributed by atoms with Crippen LogP contribution in [0.25, 0.3) is 0 Å². The number of hydrogen-bond donors (Lipinski definition) is 2. The highest BCUT2D eigenvalue weighted by Crippen LogP contribution is 2.28. The smallest absolute Gasteiger partial charge is 0.251 e. The maximum Gasteiger partial charge on any atom is 0.251 e. The number of anilines is 1. The third-order valence-electron chi connectivity index (χ3n) is 3.51. The van der Waals surface area contributed by atoms with Crippen molar-refractivity contribution in [2.75, 3.05) is 11.5 Å². The lowest BCUT2D eigenvalue weighted by Crippen LogP contribution is -2.39. The molecule has 0 bridgehead atoms. The number of carbonyl (C=O) groups excluding carboxylic acids is 1. The third-order valence-corrected chi connectivity index (χ3v) is 4.75. The molecule has 1 aromatic rings. The van der Waals surface area contributed by atoms with Crippen molar-refractivity contribution in [3.63, 3.8) is 0 Å². The summed E-state index contributed by atoms with van der Waals surface area (Å²) in [7, 11) is 0. The van der Waals surface area contributed by atoms with Crippen LogP contribution in [-0.4, -0.2) is 23.0 Å². The second kappa shape index (κ2) is 6.85. The number of carbonyl (C=O) groups is 1. The van der Waals surface area contributed by atoms with Crippen molar-refractivity contribution in [3.05, 3.63) is 29.8 Å². The van der Waals surface area contributed by atoms with Gasteiger partial charge in [-0.05, 0) is 43.2 Å². The molecule has 3 N–H and O–H groups in total. The van der Waals surface area contributed by atoms with Gasteiger partial charge in [-0.1, -0.05) is 19.4 Å². The van der Waals surface area contributed by atoms with Gasteiger partial charge in [0.25, 0.3) is 5.91 Å². The zero-order chi connectivity index (χ0) is 13.7. The van der Waals surface area contributed by atoms with Gasteiger partial charge in [0.05, 0.1) is 0 Å². The molecule has 1 aliphatic carbocycles. The van der Waals surface area contributed by atoms with Gasteiger partial charge in [-0.15, -0.1) is 0 Å². The van der Waals surface area contributed by atoms with Crippen molar-refractivity contribution in [1.29, 1.82) is 0 Å². The molecule has 1 amide bonds. The first kappa shape index (κ1) is 14.3. The van der Waals surface area contributed by atoms with Crippen molar-refractivity contribution >= 4 is 23.4 Å². The van der Waals surface area contributed by atoms with Gasteiger partial charge < -0.3 is 11.1 Å². The first-order valence-corrected chi connectivity index (χ1v) is 8.02. The van der Waals surface area contributed by atoms with E-state index in [1.807, 2.05) is 23.9 Å². The summed E-state index contributed by atoms with van der Waals surface area (Å²) in [5, 5.41) is 3.84. The Bertz CT molecular complexity index is 434. The lowest BCUT2D eigenvalue weighted by molar-refractivity contribution is 0.0928. The van der Waals surface area contributed by atoms with E-state index in [4.69, 9.17) is 5.73 Å². The number of nitrogens with one attached hydrogen (secondary N) is 1. The van der Waals surface area contributed by atoms with Gasteiger partial charge in [0, 0.05) is 22.5 Å². The molecule has 0 heterocycles. The SMILES string of the molecule is CCSC1CCCC(NC(=O)c2cccc(N)c2)C1. The number of hydrogen-bond acceptors (Lipinski definition) is 3. The molecule has 1 aliphatic rings. The Morgan fingerprint density at radius 3 is 3.05 bits per heavy atom. The van der Waals surface area contributed by atoms with Crippen LogP contribution < -0.4 is 11.1 Å². The first-order valence-electron chi connectivity index (χ1n) is 6.97. The molecule has 0 saturated heterocycles. The van der Waals surface area contributed by atoms with E-state index in [0.29, 0.717) is 22.5 Å². The largest absolute Gasteiger partial charge is 0.399 e. The summed E-state index contributed by atoms with van der Waals surface area (Å²) in [6.07, 6.45) is 4.67. The number of amides is 1. The molecule has 1 aromatic carbocycles. The minimum absolute atomic E-state index is 0.000511. The number of nitrogens with two attached hydrogens (primary N) is 1. The Kier molecular flexibility index (Phi) is 5.14. The van der Waals surface area contributed by atoms with Crippen molar-refractivity contribution in [2.24, 2.45) is 0 Å². The fourth-order valence-electron chi connectivity index (χ4n) is 2.61. The molecule has 2 atom stereocenters. The molecule has 2 unspecified atom stereocenters. The molecule has 4 heteroatoms. The molecule has 19 heavy (non-hydrogen) atoms. The predicted molar refractivity (Wildman–Crippen MR) is 82.5 cm³/mol. The molecule has 2 rings (SSSR count). The summed E-state index contributed by atoms with van der Waals surface area (Å²) in [5.74, 6) is 1.15. The van der Waals surface area contributed by atoms with Crippen LogP contribution in [0.4, 0.5) is 5.69 Å². The van der Waals surface area contributed by atoms with Crippen LogP contribution in [-0.2, 0) is 0 Å². The van der Waals surface area contributed by atoms with E-state index in [1.165, 1.54) is 12.8 Å². The monoisotopic (exact) mass is 278 g/mol. The fraction of sp³-hybridized carbons (Fsp3) is 0.533. The van der Waals surface area contributed by atoms with Crippen LogP contribution in [0.15, 0.2) is 24.3 Å². The minimum Gasteiger partial charge on any atom is -0.399 e. The third kappa shape index (κ3) is 4.16. The van der Waals surface area contributed by atoms with Crippen molar-refractivity contribution in [1.82, 2.24) is 5.32 Å². The highest BCUT2D eigenvalue weighted by Gasteiger charge is 2.23. The molecular formula is C15H22N2OS. The van der Waals surface area contributed by atoms with Crippen molar-refractivity contribution in [3.8, 4) is 0 Å². The van der Waals surface area contributed by atoms with E-state index >= 15 is 0 Å². The topological polar surface area (TPSA) is 55.1 Å². The predicted octanol–water partition coefficient (Wildman–Crippen LogP) is 3.06. The van der Waals surface area contributed by atoms with Crippen LogP contribution in [0.3, 0.4) is 0 Å². The van der Waals surface area contributed by atoms with Gasteiger partial charge in [0.1, 0.15) is 0 Å². The van der Waals surface area contributed by atoms with E-state index in [0.717, 1.165) is 18.6 Å². The molecular weight excluding hydrogens is 256 g/mol. The van der Waals surface area contributed by atoms with Gasteiger partial charge in [-0.25, -0.2) is 0 Å². The summed E-state index contributed by atoms with van der Waals surface area (Å²) in [5.41, 5.74) is 7.00. The summed E-state index contributed by atoms with van der Waals surface area (Å²) in [4.78, 5) is 12.2. The number of thioether (sulfide) groups is 1. The zero-order valence-corrected chi connectivity index (χ0v) is 12.2. The molecule has 0 aromatic heterocycles. The number of benzene rings is 1. The molecule has 1 fully saturated rings. The highest BCUT2D eigenvalue weighted by atomic mass is 32.2. The van der Waals surface area contributed by atoms with E-state index in [9.17, 15) is 4.79 Å². The maximum absolute atomic E-state index is 12.2. The van der Waals surface area contributed by atoms with E-state index in [1.54, 1.807) is 12.1 Å². The lowest BCUT2D eigenvalue weighted by Gasteiger charge is -2.29. The normalized spacial score (nSPS) is 23.0. The van der Waals surface area contributed by atoms with Gasteiger partial charge in [0.2, 0.25) is 0 Å².